The molecule has 0 saturated carbocycles. The molecule has 0 radical (unpaired) electrons. The number of hydrogen-bond donors (Lipinski definition) is 2. The summed E-state index contributed by atoms with van der Waals surface area (Å²) in [6, 6.07) is 12.9. The SMILES string of the molecule is C=CC(=O)Cc1cccc(C(F)(F)F)c1Nc1ncc2cc(-c3c(Cl)c(OC)cc(OC)c3Cl)c(=O)n(Cc3ccc(NC(=O)C=C)cc3)c2n1. The molecule has 3 aromatic carbocycles. The highest BCUT2D eigenvalue weighted by Crippen LogP contribution is 2.45. The van der Waals surface area contributed by atoms with Crippen LogP contribution >= 0.6 is 23.2 Å². The molecule has 5 rings (SSSR count). The van der Waals surface area contributed by atoms with Gasteiger partial charge in [-0.25, -0.2) is 4.98 Å². The molecule has 0 atom stereocenters. The first-order chi connectivity index (χ1) is 24.3. The summed E-state index contributed by atoms with van der Waals surface area (Å²) in [6.45, 7) is 6.74. The number of methoxy groups -OCH3 is 2. The number of benzene rings is 3. The monoisotopic (exact) mass is 737 g/mol. The fourth-order valence-corrected chi connectivity index (χ4v) is 5.94. The van der Waals surface area contributed by atoms with Crippen LogP contribution in [0.1, 0.15) is 16.7 Å². The lowest BCUT2D eigenvalue weighted by Gasteiger charge is -2.19. The van der Waals surface area contributed by atoms with Crippen molar-refractivity contribution in [2.24, 2.45) is 0 Å². The van der Waals surface area contributed by atoms with E-state index in [9.17, 15) is 27.6 Å². The van der Waals surface area contributed by atoms with Crippen LogP contribution in [0.25, 0.3) is 22.2 Å². The molecule has 0 aliphatic heterocycles. The average Bonchev–Trinajstić information content (AvgIpc) is 3.11. The first-order valence-electron chi connectivity index (χ1n) is 14.9. The lowest BCUT2D eigenvalue weighted by molar-refractivity contribution is -0.137. The van der Waals surface area contributed by atoms with Crippen molar-refractivity contribution in [2.75, 3.05) is 24.9 Å². The fourth-order valence-electron chi connectivity index (χ4n) is 5.24. The maximum Gasteiger partial charge on any atom is 0.418 e. The number of ketones is 1. The molecule has 262 valence electrons. The Morgan fingerprint density at radius 1 is 0.980 bits per heavy atom. The van der Waals surface area contributed by atoms with Crippen LogP contribution in [0.4, 0.5) is 30.5 Å². The molecule has 0 unspecified atom stereocenters. The Morgan fingerprint density at radius 2 is 1.65 bits per heavy atom. The molecule has 51 heavy (non-hydrogen) atoms. The summed E-state index contributed by atoms with van der Waals surface area (Å²) in [4.78, 5) is 47.1. The van der Waals surface area contributed by atoms with Gasteiger partial charge >= 0.3 is 6.18 Å². The molecule has 15 heteroatoms. The molecule has 10 nitrogen and oxygen atoms in total. The number of pyridine rings is 1. The molecule has 2 N–H and O–H groups in total. The van der Waals surface area contributed by atoms with Crippen LogP contribution in [0.2, 0.25) is 10.0 Å². The van der Waals surface area contributed by atoms with Gasteiger partial charge in [0.25, 0.3) is 5.56 Å². The predicted octanol–water partition coefficient (Wildman–Crippen LogP) is 8.02. The number of carbonyl (C=O) groups is 2. The van der Waals surface area contributed by atoms with Gasteiger partial charge in [-0.05, 0) is 47.5 Å². The van der Waals surface area contributed by atoms with Crippen LogP contribution in [0.5, 0.6) is 11.5 Å². The minimum atomic E-state index is -4.79. The number of anilines is 3. The van der Waals surface area contributed by atoms with E-state index in [0.717, 1.165) is 18.2 Å². The number of halogens is 5. The van der Waals surface area contributed by atoms with Crippen LogP contribution in [-0.2, 0) is 28.7 Å². The number of allylic oxidation sites excluding steroid dienone is 1. The average molecular weight is 739 g/mol. The van der Waals surface area contributed by atoms with E-state index >= 15 is 0 Å². The highest BCUT2D eigenvalue weighted by Gasteiger charge is 2.35. The van der Waals surface area contributed by atoms with Gasteiger partial charge in [-0.1, -0.05) is 60.6 Å². The summed E-state index contributed by atoms with van der Waals surface area (Å²) >= 11 is 13.4. The Kier molecular flexibility index (Phi) is 10.8. The topological polar surface area (TPSA) is 124 Å². The van der Waals surface area contributed by atoms with Gasteiger partial charge in [0.05, 0.1) is 47.6 Å². The number of para-hydroxylation sites is 1. The first-order valence-corrected chi connectivity index (χ1v) is 15.7. The van der Waals surface area contributed by atoms with Crippen molar-refractivity contribution in [2.45, 2.75) is 19.1 Å². The normalized spacial score (nSPS) is 11.2. The van der Waals surface area contributed by atoms with Gasteiger partial charge in [0.15, 0.2) is 5.78 Å². The standard InChI is InChI=1S/C36H28Cl2F3N5O5/c1-5-23(47)14-20-8-7-9-25(36(39,40)41)32(20)44-35-42-17-21-15-24(29-30(37)26(50-3)16-27(51-4)31(29)38)34(49)46(33(21)45-35)18-19-10-12-22(13-11-19)43-28(48)6-2/h5-13,15-17H,1-2,14,18H2,3-4H3,(H,43,48)(H,42,44,45). The Morgan fingerprint density at radius 3 is 2.24 bits per heavy atom. The zero-order valence-corrected chi connectivity index (χ0v) is 28.5. The molecule has 1 amide bonds. The van der Waals surface area contributed by atoms with E-state index in [0.29, 0.717) is 16.6 Å². The van der Waals surface area contributed by atoms with Gasteiger partial charge in [-0.15, -0.1) is 0 Å². The lowest BCUT2D eigenvalue weighted by atomic mass is 10.0. The number of rotatable bonds is 12. The number of fused-ring (bicyclic) bond motifs is 1. The smallest absolute Gasteiger partial charge is 0.418 e. The van der Waals surface area contributed by atoms with Gasteiger partial charge in [0.1, 0.15) is 17.1 Å². The number of hydrogen-bond acceptors (Lipinski definition) is 8. The van der Waals surface area contributed by atoms with Crippen molar-refractivity contribution in [1.82, 2.24) is 14.5 Å². The van der Waals surface area contributed by atoms with Gasteiger partial charge in [0, 0.05) is 35.3 Å². The Labute approximate surface area is 299 Å². The van der Waals surface area contributed by atoms with Crippen LogP contribution in [0.15, 0.2) is 90.9 Å². The van der Waals surface area contributed by atoms with Gasteiger partial charge in [0.2, 0.25) is 11.9 Å². The largest absolute Gasteiger partial charge is 0.495 e. The molecule has 0 aliphatic rings. The molecule has 5 aromatic rings. The first kappa shape index (κ1) is 36.6. The molecule has 0 fully saturated rings. The molecular formula is C36H28Cl2F3N5O5. The van der Waals surface area contributed by atoms with Gasteiger partial charge in [-0.3, -0.25) is 19.0 Å². The molecule has 0 bridgehead atoms. The lowest BCUT2D eigenvalue weighted by Crippen LogP contribution is -2.24. The summed E-state index contributed by atoms with van der Waals surface area (Å²) in [5, 5.41) is 5.63. The van der Waals surface area contributed by atoms with Gasteiger partial charge < -0.3 is 20.1 Å². The maximum atomic E-state index is 14.4. The van der Waals surface area contributed by atoms with Crippen molar-refractivity contribution in [3.05, 3.63) is 123 Å². The number of aromatic nitrogens is 3. The van der Waals surface area contributed by atoms with Crippen LogP contribution < -0.4 is 25.7 Å². The van der Waals surface area contributed by atoms with E-state index in [2.05, 4.69) is 33.8 Å². The van der Waals surface area contributed by atoms with Crippen LogP contribution in [0, 0.1) is 0 Å². The summed E-state index contributed by atoms with van der Waals surface area (Å²) in [6.07, 6.45) is -1.71. The minimum Gasteiger partial charge on any atom is -0.495 e. The molecule has 0 saturated heterocycles. The van der Waals surface area contributed by atoms with Crippen molar-refractivity contribution in [1.29, 1.82) is 0 Å². The van der Waals surface area contributed by atoms with Crippen molar-refractivity contribution in [3.63, 3.8) is 0 Å². The van der Waals surface area contributed by atoms with E-state index in [1.54, 1.807) is 24.3 Å². The summed E-state index contributed by atoms with van der Waals surface area (Å²) in [5.41, 5.74) is -0.822. The summed E-state index contributed by atoms with van der Waals surface area (Å²) in [7, 11) is 2.77. The van der Waals surface area contributed by atoms with E-state index in [1.165, 1.54) is 49.2 Å². The molecule has 0 spiro atoms. The van der Waals surface area contributed by atoms with Gasteiger partial charge in [-0.2, -0.15) is 18.2 Å². The van der Waals surface area contributed by atoms with Crippen molar-refractivity contribution in [3.8, 4) is 22.6 Å². The highest BCUT2D eigenvalue weighted by atomic mass is 35.5. The number of ether oxygens (including phenoxy) is 2. The Balaban J connectivity index is 1.73. The molecular weight excluding hydrogens is 710 g/mol. The van der Waals surface area contributed by atoms with E-state index < -0.39 is 34.7 Å². The van der Waals surface area contributed by atoms with E-state index in [4.69, 9.17) is 32.7 Å². The third-order valence-corrected chi connectivity index (χ3v) is 8.45. The number of nitrogens with zero attached hydrogens (tertiary/aromatic N) is 3. The summed E-state index contributed by atoms with van der Waals surface area (Å²) < 4.78 is 54.6. The maximum absolute atomic E-state index is 14.4. The second-order valence-electron chi connectivity index (χ2n) is 10.9. The second-order valence-corrected chi connectivity index (χ2v) is 11.7. The number of amides is 1. The zero-order chi connectivity index (χ0) is 37.0. The number of alkyl halides is 3. The second kappa shape index (κ2) is 15.1. The quantitative estimate of drug-likeness (QED) is 0.123. The molecule has 2 heterocycles. The predicted molar refractivity (Wildman–Crippen MR) is 190 cm³/mol. The summed E-state index contributed by atoms with van der Waals surface area (Å²) in [5.74, 6) is -0.836. The van der Waals surface area contributed by atoms with Crippen LogP contribution in [-0.4, -0.2) is 40.4 Å². The Hall–Kier alpha value is -5.66. The molecule has 2 aromatic heterocycles. The van der Waals surface area contributed by atoms with Crippen molar-refractivity contribution < 1.29 is 32.2 Å². The molecule has 0 aliphatic carbocycles. The third-order valence-electron chi connectivity index (χ3n) is 7.70. The van der Waals surface area contributed by atoms with Crippen LogP contribution in [0.3, 0.4) is 0 Å². The zero-order valence-electron chi connectivity index (χ0n) is 27.0. The number of carbonyl (C=O) groups excluding carboxylic acids is 2. The van der Waals surface area contributed by atoms with Crippen molar-refractivity contribution >= 4 is 63.2 Å². The highest BCUT2D eigenvalue weighted by molar-refractivity contribution is 6.41. The van der Waals surface area contributed by atoms with E-state index in [-0.39, 0.29) is 62.8 Å². The minimum absolute atomic E-state index is 0.0261. The number of nitrogens with one attached hydrogen (secondary N) is 2. The van der Waals surface area contributed by atoms with E-state index in [1.807, 2.05) is 0 Å². The fraction of sp³-hybridized carbons (Fsp3) is 0.139. The third kappa shape index (κ3) is 7.74. The Bertz CT molecular complexity index is 2230.